The summed E-state index contributed by atoms with van der Waals surface area (Å²) in [4.78, 5) is 5.50. The van der Waals surface area contributed by atoms with Crippen molar-refractivity contribution in [1.29, 1.82) is 0 Å². The van der Waals surface area contributed by atoms with E-state index in [4.69, 9.17) is 4.42 Å². The number of benzene rings is 7. The number of anilines is 6. The minimum Gasteiger partial charge on any atom is -0.456 e. The first-order valence-corrected chi connectivity index (χ1v) is 26.1. The first kappa shape index (κ1) is 41.9. The maximum Gasteiger partial charge on any atom is 0.252 e. The summed E-state index contributed by atoms with van der Waals surface area (Å²) in [5.41, 5.74) is 31.0. The quantitative estimate of drug-likeness (QED) is 0.165. The van der Waals surface area contributed by atoms with Gasteiger partial charge in [0.25, 0.3) is 6.71 Å². The SMILES string of the molecule is Cc1cc2c3c(c1)N1c4c(-c5ccccc5)cc(C(C)(C)C)c5c4C54CCC(C)(C)c5cc6oc7ccc(c1c7c6cc54)B3c1ccc(C(C)C)cc1N2c1cc2c(cc1C)C(C)(C)CCC2(C)C. The van der Waals surface area contributed by atoms with Crippen LogP contribution in [0.1, 0.15) is 163 Å². The molecule has 1 aromatic heterocycles. The van der Waals surface area contributed by atoms with Crippen molar-refractivity contribution in [1.82, 2.24) is 0 Å². The lowest BCUT2D eigenvalue weighted by atomic mass is 9.33. The fourth-order valence-corrected chi connectivity index (χ4v) is 14.6. The maximum absolute atomic E-state index is 7.15. The Morgan fingerprint density at radius 3 is 1.93 bits per heavy atom. The molecule has 2 bridgehead atoms. The van der Waals surface area contributed by atoms with Gasteiger partial charge in [0.15, 0.2) is 0 Å². The number of aryl methyl sites for hydroxylation is 2. The van der Waals surface area contributed by atoms with Crippen LogP contribution in [0.15, 0.2) is 108 Å². The molecule has 4 heterocycles. The number of nitrogens with zero attached hydrogens (tertiary/aromatic N) is 2. The molecular formula is C65H65BN2O. The third-order valence-electron chi connectivity index (χ3n) is 18.6. The standard InChI is InChI=1S/C65H65BN2O/c1-35(2)39-19-20-47-50(30-39)67(49-33-43-42(29-37(49)4)62(8,9)23-24-63(43,10)11)51-27-36(3)28-52-58(51)66(47)48-21-22-53-55-41-32-45-44(34-54(41)69-53)64(12,13)25-26-65(45)56-46(61(5,6)7)31-40(38-17-15-14-16-18-38)59(57(56)65)68(52)60(48)55/h14-22,27-35H,23-26H2,1-13H3. The van der Waals surface area contributed by atoms with Crippen LogP contribution in [0.25, 0.3) is 33.1 Å². The molecule has 3 aliphatic carbocycles. The summed E-state index contributed by atoms with van der Waals surface area (Å²) < 4.78 is 7.15. The summed E-state index contributed by atoms with van der Waals surface area (Å²) in [6, 6.07) is 41.5. The van der Waals surface area contributed by atoms with Gasteiger partial charge >= 0.3 is 0 Å². The van der Waals surface area contributed by atoms with Gasteiger partial charge in [-0.25, -0.2) is 0 Å². The molecule has 0 radical (unpaired) electrons. The lowest BCUT2D eigenvalue weighted by molar-refractivity contribution is 0.332. The van der Waals surface area contributed by atoms with Gasteiger partial charge in [-0.2, -0.15) is 0 Å². The predicted octanol–water partition coefficient (Wildman–Crippen LogP) is 15.8. The molecule has 0 saturated carbocycles. The number of furan rings is 1. The largest absolute Gasteiger partial charge is 0.456 e. The smallest absolute Gasteiger partial charge is 0.252 e. The molecule has 1 spiro atoms. The van der Waals surface area contributed by atoms with E-state index in [1.165, 1.54) is 135 Å². The van der Waals surface area contributed by atoms with Gasteiger partial charge in [-0.15, -0.1) is 0 Å². The Bertz CT molecular complexity index is 3650. The van der Waals surface area contributed by atoms with Crippen molar-refractivity contribution in [3.05, 3.63) is 159 Å². The highest BCUT2D eigenvalue weighted by Crippen LogP contribution is 2.72. The van der Waals surface area contributed by atoms with Crippen LogP contribution in [0.4, 0.5) is 34.1 Å². The molecule has 1 unspecified atom stereocenters. The maximum atomic E-state index is 7.15. The zero-order valence-corrected chi connectivity index (χ0v) is 43.1. The van der Waals surface area contributed by atoms with Crippen molar-refractivity contribution < 1.29 is 4.42 Å². The molecule has 0 fully saturated rings. The lowest BCUT2D eigenvalue weighted by Crippen LogP contribution is -2.61. The first-order valence-electron chi connectivity index (χ1n) is 26.1. The monoisotopic (exact) mass is 901 g/mol. The third-order valence-corrected chi connectivity index (χ3v) is 18.6. The highest BCUT2D eigenvalue weighted by Gasteiger charge is 2.62. The van der Waals surface area contributed by atoms with Crippen LogP contribution in [-0.2, 0) is 27.1 Å². The van der Waals surface area contributed by atoms with Gasteiger partial charge in [-0.05, 0) is 193 Å². The molecule has 344 valence electrons. The van der Waals surface area contributed by atoms with Crippen LogP contribution in [0.3, 0.4) is 0 Å². The summed E-state index contributed by atoms with van der Waals surface area (Å²) in [6.45, 7) is 31.5. The van der Waals surface area contributed by atoms with Gasteiger partial charge in [-0.1, -0.05) is 131 Å². The average Bonchev–Trinajstić information content (AvgIpc) is 3.80. The van der Waals surface area contributed by atoms with Gasteiger partial charge in [0, 0.05) is 39.1 Å². The first-order chi connectivity index (χ1) is 32.7. The van der Waals surface area contributed by atoms with E-state index in [0.717, 1.165) is 24.0 Å². The van der Waals surface area contributed by atoms with E-state index in [1.54, 1.807) is 5.56 Å². The van der Waals surface area contributed by atoms with Gasteiger partial charge < -0.3 is 14.2 Å². The highest BCUT2D eigenvalue weighted by atomic mass is 16.3. The van der Waals surface area contributed by atoms with E-state index < -0.39 is 0 Å². The summed E-state index contributed by atoms with van der Waals surface area (Å²) in [7, 11) is 0. The van der Waals surface area contributed by atoms with E-state index in [1.807, 2.05) is 0 Å². The number of hydrogen-bond acceptors (Lipinski definition) is 3. The highest BCUT2D eigenvalue weighted by molar-refractivity contribution is 7.00. The van der Waals surface area contributed by atoms with Gasteiger partial charge in [-0.3, -0.25) is 0 Å². The second-order valence-corrected chi connectivity index (χ2v) is 25.6. The molecule has 69 heavy (non-hydrogen) atoms. The van der Waals surface area contributed by atoms with Crippen LogP contribution >= 0.6 is 0 Å². The molecule has 3 nitrogen and oxygen atoms in total. The summed E-state index contributed by atoms with van der Waals surface area (Å²) in [6.07, 6.45) is 4.58. The van der Waals surface area contributed by atoms with Crippen molar-refractivity contribution in [2.24, 2.45) is 0 Å². The average molecular weight is 901 g/mol. The summed E-state index contributed by atoms with van der Waals surface area (Å²) in [5.74, 6) is 0.386. The molecule has 0 N–H and O–H groups in total. The summed E-state index contributed by atoms with van der Waals surface area (Å²) >= 11 is 0. The molecule has 0 saturated heterocycles. The van der Waals surface area contributed by atoms with E-state index in [0.29, 0.717) is 5.92 Å². The molecule has 6 aliphatic rings. The van der Waals surface area contributed by atoms with Crippen LogP contribution in [0, 0.1) is 13.8 Å². The fourth-order valence-electron chi connectivity index (χ4n) is 14.6. The Balaban J connectivity index is 1.16. The van der Waals surface area contributed by atoms with Crippen molar-refractivity contribution >= 4 is 79.2 Å². The Kier molecular flexibility index (Phi) is 7.93. The predicted molar refractivity (Wildman–Crippen MR) is 293 cm³/mol. The minimum absolute atomic E-state index is 0.00791. The van der Waals surface area contributed by atoms with E-state index in [9.17, 15) is 0 Å². The van der Waals surface area contributed by atoms with E-state index in [2.05, 4.69) is 203 Å². The van der Waals surface area contributed by atoms with Crippen molar-refractivity contribution in [3.63, 3.8) is 0 Å². The number of hydrogen-bond donors (Lipinski definition) is 0. The molecule has 7 aromatic carbocycles. The Hall–Kier alpha value is -6.00. The molecule has 4 heteroatoms. The van der Waals surface area contributed by atoms with Gasteiger partial charge in [0.05, 0.1) is 16.8 Å². The van der Waals surface area contributed by atoms with Crippen LogP contribution in [-0.4, -0.2) is 6.71 Å². The second kappa shape index (κ2) is 13.0. The van der Waals surface area contributed by atoms with Crippen molar-refractivity contribution in [3.8, 4) is 11.1 Å². The Labute approximate surface area is 410 Å². The third kappa shape index (κ3) is 5.26. The lowest BCUT2D eigenvalue weighted by Gasteiger charge is -2.46. The molecular weight excluding hydrogens is 836 g/mol. The molecule has 0 amide bonds. The van der Waals surface area contributed by atoms with Gasteiger partial charge in [0.1, 0.15) is 11.2 Å². The number of rotatable bonds is 3. The molecule has 3 aliphatic heterocycles. The van der Waals surface area contributed by atoms with E-state index in [-0.39, 0.29) is 33.8 Å². The molecule has 1 atom stereocenters. The van der Waals surface area contributed by atoms with Crippen LogP contribution in [0.2, 0.25) is 0 Å². The topological polar surface area (TPSA) is 19.6 Å². The van der Waals surface area contributed by atoms with Crippen LogP contribution in [0.5, 0.6) is 0 Å². The Morgan fingerprint density at radius 2 is 1.23 bits per heavy atom. The zero-order valence-electron chi connectivity index (χ0n) is 43.1. The second-order valence-electron chi connectivity index (χ2n) is 25.6. The normalized spacial score (nSPS) is 20.2. The van der Waals surface area contributed by atoms with E-state index >= 15 is 0 Å². The fraction of sp³-hybridized carbons (Fsp3) is 0.354. The number of fused-ring (bicyclic) bond motifs is 6. The Morgan fingerprint density at radius 1 is 0.580 bits per heavy atom. The molecule has 8 aromatic rings. The zero-order chi connectivity index (χ0) is 47.8. The molecule has 14 rings (SSSR count). The van der Waals surface area contributed by atoms with Crippen molar-refractivity contribution in [2.75, 3.05) is 9.80 Å². The van der Waals surface area contributed by atoms with Crippen LogP contribution < -0.4 is 26.2 Å². The minimum atomic E-state index is -0.191. The van der Waals surface area contributed by atoms with Crippen molar-refractivity contribution in [2.45, 2.75) is 149 Å². The van der Waals surface area contributed by atoms with Gasteiger partial charge in [0.2, 0.25) is 0 Å². The summed E-state index contributed by atoms with van der Waals surface area (Å²) in [5, 5.41) is 2.49.